The summed E-state index contributed by atoms with van der Waals surface area (Å²) in [5.41, 5.74) is 2.75. The Kier molecular flexibility index (Phi) is 9.49. The highest BCUT2D eigenvalue weighted by atomic mass is 79.9. The Labute approximate surface area is 330 Å². The van der Waals surface area contributed by atoms with Crippen molar-refractivity contribution >= 4 is 55.1 Å². The van der Waals surface area contributed by atoms with Crippen LogP contribution in [0.4, 0.5) is 0 Å². The van der Waals surface area contributed by atoms with Gasteiger partial charge in [0.05, 0.1) is 11.4 Å². The first kappa shape index (κ1) is 35.7. The average Bonchev–Trinajstić information content (AvgIpc) is 3.67. The van der Waals surface area contributed by atoms with Gasteiger partial charge >= 0.3 is 0 Å². The van der Waals surface area contributed by atoms with Crippen LogP contribution in [0.15, 0.2) is 89.4 Å². The number of carbonyl (C=O) groups is 3. The van der Waals surface area contributed by atoms with Crippen LogP contribution in [0.5, 0.6) is 28.7 Å². The number of fused-ring (bicyclic) bond motifs is 2. The van der Waals surface area contributed by atoms with E-state index in [9.17, 15) is 19.5 Å². The molecule has 13 heteroatoms. The molecule has 3 saturated heterocycles. The molecule has 1 unspecified atom stereocenters. The van der Waals surface area contributed by atoms with E-state index in [0.717, 1.165) is 81.3 Å². The largest absolute Gasteiger partial charge is 0.508 e. The van der Waals surface area contributed by atoms with Crippen LogP contribution in [0.1, 0.15) is 28.8 Å². The molecule has 1 spiro atoms. The number of phenols is 1. The first-order chi connectivity index (χ1) is 26.7. The molecule has 55 heavy (non-hydrogen) atoms. The molecule has 1 aromatic heterocycles. The summed E-state index contributed by atoms with van der Waals surface area (Å²) in [4.78, 5) is 44.5. The quantitative estimate of drug-likeness (QED) is 0.133. The number of thiophene rings is 1. The second-order valence-corrected chi connectivity index (χ2v) is 16.8. The SMILES string of the molecule is O=C1CCC(N2Cc3c(OCCN4CC5(CN(CCOc6ccc(Oc7c(-c8ccc(Br)cc8)sc8cc(O)ccc78)cc6)C5)C4)cccc3C2=O)C(=O)N1. The molecule has 4 aliphatic rings. The fraction of sp³-hybridized carbons (Fsp3) is 0.310. The lowest BCUT2D eigenvalue weighted by atomic mass is 9.73. The lowest BCUT2D eigenvalue weighted by molar-refractivity contribution is -0.136. The monoisotopic (exact) mass is 822 g/mol. The van der Waals surface area contributed by atoms with Crippen molar-refractivity contribution < 1.29 is 33.7 Å². The van der Waals surface area contributed by atoms with E-state index in [4.69, 9.17) is 14.2 Å². The number of amides is 3. The summed E-state index contributed by atoms with van der Waals surface area (Å²) in [6.45, 7) is 7.26. The van der Waals surface area contributed by atoms with Crippen LogP contribution in [0.3, 0.4) is 0 Å². The van der Waals surface area contributed by atoms with Crippen LogP contribution in [-0.4, -0.2) is 96.1 Å². The Morgan fingerprint density at radius 3 is 2.29 bits per heavy atom. The number of imide groups is 1. The number of hydrogen-bond acceptors (Lipinski definition) is 10. The maximum Gasteiger partial charge on any atom is 0.255 e. The molecule has 0 aliphatic carbocycles. The van der Waals surface area contributed by atoms with Gasteiger partial charge in [0.2, 0.25) is 11.8 Å². The van der Waals surface area contributed by atoms with Gasteiger partial charge in [-0.2, -0.15) is 0 Å². The normalized spacial score (nSPS) is 19.3. The van der Waals surface area contributed by atoms with Crippen LogP contribution in [0.25, 0.3) is 20.5 Å². The van der Waals surface area contributed by atoms with Gasteiger partial charge in [-0.1, -0.05) is 34.1 Å². The molecule has 0 radical (unpaired) electrons. The zero-order valence-corrected chi connectivity index (χ0v) is 32.4. The number of phenolic OH excluding ortho intramolecular Hbond substituents is 1. The summed E-state index contributed by atoms with van der Waals surface area (Å²) in [5.74, 6) is 2.27. The third-order valence-corrected chi connectivity index (χ3v) is 12.6. The van der Waals surface area contributed by atoms with Crippen molar-refractivity contribution in [2.24, 2.45) is 5.41 Å². The van der Waals surface area contributed by atoms with Crippen molar-refractivity contribution in [1.29, 1.82) is 0 Å². The van der Waals surface area contributed by atoms with Gasteiger partial charge < -0.3 is 24.2 Å². The Bertz CT molecular complexity index is 2280. The number of benzene rings is 4. The van der Waals surface area contributed by atoms with Crippen LogP contribution in [0.2, 0.25) is 0 Å². The van der Waals surface area contributed by atoms with Gasteiger partial charge in [0.15, 0.2) is 5.75 Å². The number of halogens is 1. The molecule has 0 bridgehead atoms. The minimum atomic E-state index is -0.641. The van der Waals surface area contributed by atoms with Gasteiger partial charge in [0.1, 0.15) is 42.3 Å². The standard InChI is InChI=1S/C42H39BrN4O7S/c43-27-6-4-26(5-7-27)39-38(32-13-8-28(48)20-36(32)55-39)54-30-11-9-29(10-12-30)52-18-16-45-22-42(23-45)24-46(25-42)17-19-53-35-3-1-2-31-33(35)21-47(41(31)51)34-14-15-37(49)44-40(34)50/h1-13,20,34,48H,14-19,21-25H2,(H,44,49,50). The van der Waals surface area contributed by atoms with Crippen LogP contribution >= 0.6 is 27.3 Å². The van der Waals surface area contributed by atoms with Gasteiger partial charge in [-0.15, -0.1) is 11.3 Å². The zero-order valence-electron chi connectivity index (χ0n) is 30.0. The molecule has 5 heterocycles. The van der Waals surface area contributed by atoms with Crippen molar-refractivity contribution in [3.63, 3.8) is 0 Å². The lowest BCUT2D eigenvalue weighted by Crippen LogP contribution is -2.72. The third-order valence-electron chi connectivity index (χ3n) is 10.9. The maximum absolute atomic E-state index is 13.1. The van der Waals surface area contributed by atoms with Crippen molar-refractivity contribution in [1.82, 2.24) is 20.0 Å². The molecule has 9 rings (SSSR count). The molecule has 2 N–H and O–H groups in total. The summed E-state index contributed by atoms with van der Waals surface area (Å²) >= 11 is 5.11. The molecule has 4 aromatic carbocycles. The minimum absolute atomic E-state index is 0.193. The van der Waals surface area contributed by atoms with Crippen molar-refractivity contribution in [3.05, 3.63) is 101 Å². The number of nitrogens with one attached hydrogen (secondary N) is 1. The van der Waals surface area contributed by atoms with Gasteiger partial charge in [-0.25, -0.2) is 0 Å². The van der Waals surface area contributed by atoms with Gasteiger partial charge in [-0.05, 0) is 78.7 Å². The van der Waals surface area contributed by atoms with E-state index >= 15 is 0 Å². The minimum Gasteiger partial charge on any atom is -0.508 e. The predicted octanol–water partition coefficient (Wildman–Crippen LogP) is 6.67. The van der Waals surface area contributed by atoms with Crippen molar-refractivity contribution in [2.75, 3.05) is 52.5 Å². The predicted molar refractivity (Wildman–Crippen MR) is 212 cm³/mol. The molecule has 1 atom stereocenters. The molecule has 3 fully saturated rings. The van der Waals surface area contributed by atoms with Crippen LogP contribution in [-0.2, 0) is 16.1 Å². The summed E-state index contributed by atoms with van der Waals surface area (Å²) < 4.78 is 20.7. The highest BCUT2D eigenvalue weighted by Crippen LogP contribution is 2.47. The fourth-order valence-electron chi connectivity index (χ4n) is 8.27. The highest BCUT2D eigenvalue weighted by molar-refractivity contribution is 9.10. The van der Waals surface area contributed by atoms with Gasteiger partial charge in [0, 0.05) is 76.8 Å². The summed E-state index contributed by atoms with van der Waals surface area (Å²) in [6.07, 6.45) is 0.567. The second kappa shape index (κ2) is 14.6. The number of piperidine rings is 1. The number of rotatable bonds is 12. The molecule has 0 saturated carbocycles. The number of nitrogens with zero attached hydrogens (tertiary/aromatic N) is 3. The van der Waals surface area contributed by atoms with Gasteiger partial charge in [0.25, 0.3) is 5.91 Å². The fourth-order valence-corrected chi connectivity index (χ4v) is 9.70. The van der Waals surface area contributed by atoms with Crippen molar-refractivity contribution in [3.8, 4) is 39.2 Å². The second-order valence-electron chi connectivity index (χ2n) is 14.8. The Balaban J connectivity index is 0.712. The Hall–Kier alpha value is -4.95. The smallest absolute Gasteiger partial charge is 0.255 e. The van der Waals surface area contributed by atoms with E-state index in [0.29, 0.717) is 48.7 Å². The van der Waals surface area contributed by atoms with E-state index in [2.05, 4.69) is 43.2 Å². The molecule has 3 amide bonds. The highest BCUT2D eigenvalue weighted by Gasteiger charge is 2.51. The summed E-state index contributed by atoms with van der Waals surface area (Å²) in [7, 11) is 0. The molecular formula is C42H39BrN4O7S. The van der Waals surface area contributed by atoms with E-state index < -0.39 is 11.9 Å². The maximum atomic E-state index is 13.1. The van der Waals surface area contributed by atoms with Crippen LogP contribution < -0.4 is 19.5 Å². The number of carbonyl (C=O) groups excluding carboxylic acids is 3. The summed E-state index contributed by atoms with van der Waals surface area (Å²) in [6, 6.07) is 26.1. The lowest BCUT2D eigenvalue weighted by Gasteiger charge is -2.60. The number of ether oxygens (including phenoxy) is 3. The third kappa shape index (κ3) is 7.17. The van der Waals surface area contributed by atoms with Gasteiger partial charge in [-0.3, -0.25) is 29.5 Å². The average molecular weight is 824 g/mol. The number of hydrogen-bond donors (Lipinski definition) is 2. The Morgan fingerprint density at radius 2 is 1.56 bits per heavy atom. The van der Waals surface area contributed by atoms with E-state index in [1.54, 1.807) is 34.4 Å². The van der Waals surface area contributed by atoms with E-state index in [1.807, 2.05) is 54.6 Å². The Morgan fingerprint density at radius 1 is 0.855 bits per heavy atom. The van der Waals surface area contributed by atoms with Crippen molar-refractivity contribution in [2.45, 2.75) is 25.4 Å². The zero-order chi connectivity index (χ0) is 37.7. The first-order valence-corrected chi connectivity index (χ1v) is 20.1. The molecule has 11 nitrogen and oxygen atoms in total. The summed E-state index contributed by atoms with van der Waals surface area (Å²) in [5, 5.41) is 13.4. The number of likely N-dealkylation sites (tertiary alicyclic amines) is 2. The van der Waals surface area contributed by atoms with Crippen LogP contribution in [0, 0.1) is 5.41 Å². The molecule has 5 aromatic rings. The first-order valence-electron chi connectivity index (χ1n) is 18.5. The molecular weight excluding hydrogens is 784 g/mol. The molecule has 4 aliphatic heterocycles. The van der Waals surface area contributed by atoms with E-state index in [-0.39, 0.29) is 24.0 Å². The topological polar surface area (TPSA) is 121 Å². The van der Waals surface area contributed by atoms with E-state index in [1.165, 1.54) is 0 Å². The molecule has 282 valence electrons. The number of aromatic hydroxyl groups is 1.